The number of carbonyl (C=O) groups is 1. The van der Waals surface area contributed by atoms with E-state index in [4.69, 9.17) is 4.74 Å². The Morgan fingerprint density at radius 3 is 2.71 bits per heavy atom. The molecule has 0 aliphatic carbocycles. The number of rotatable bonds is 9. The molecule has 1 saturated heterocycles. The van der Waals surface area contributed by atoms with Crippen LogP contribution in [0.3, 0.4) is 0 Å². The maximum absolute atomic E-state index is 11.9. The molecule has 28 heavy (non-hydrogen) atoms. The maximum Gasteiger partial charge on any atom is 0.243 e. The first-order valence-corrected chi connectivity index (χ1v) is 10.5. The number of ether oxygens (including phenoxy) is 1. The number of halogens is 1. The molecular formula is C19H34IN5O2S. The highest BCUT2D eigenvalue weighted by Gasteiger charge is 2.11. The van der Waals surface area contributed by atoms with E-state index >= 15 is 0 Å². The van der Waals surface area contributed by atoms with Crippen LogP contribution in [0, 0.1) is 0 Å². The highest BCUT2D eigenvalue weighted by Crippen LogP contribution is 2.09. The van der Waals surface area contributed by atoms with E-state index in [0.29, 0.717) is 0 Å². The van der Waals surface area contributed by atoms with Crippen molar-refractivity contribution in [3.63, 3.8) is 0 Å². The van der Waals surface area contributed by atoms with E-state index < -0.39 is 0 Å². The molecule has 0 aromatic carbocycles. The SMILES string of the molecule is CN(C)C(=O)CN=C(NCCCN1CCOCC1)N(C)CCc1cccs1.I. The van der Waals surface area contributed by atoms with Crippen LogP contribution >= 0.6 is 35.3 Å². The number of thiophene rings is 1. The van der Waals surface area contributed by atoms with Gasteiger partial charge in [-0.2, -0.15) is 0 Å². The van der Waals surface area contributed by atoms with Gasteiger partial charge in [0.15, 0.2) is 5.96 Å². The number of carbonyl (C=O) groups excluding carboxylic acids is 1. The lowest BCUT2D eigenvalue weighted by molar-refractivity contribution is -0.127. The average Bonchev–Trinajstić information content (AvgIpc) is 3.19. The number of guanidine groups is 1. The van der Waals surface area contributed by atoms with Crippen LogP contribution in [-0.4, -0.2) is 100 Å². The molecule has 0 spiro atoms. The van der Waals surface area contributed by atoms with E-state index in [0.717, 1.165) is 64.7 Å². The second-order valence-electron chi connectivity index (χ2n) is 6.91. The zero-order chi connectivity index (χ0) is 19.5. The van der Waals surface area contributed by atoms with Gasteiger partial charge in [0.1, 0.15) is 6.54 Å². The number of hydrogen-bond donors (Lipinski definition) is 1. The van der Waals surface area contributed by atoms with Gasteiger partial charge in [-0.05, 0) is 30.8 Å². The number of likely N-dealkylation sites (N-methyl/N-ethyl adjacent to an activating group) is 2. The second kappa shape index (κ2) is 14.1. The van der Waals surface area contributed by atoms with Crippen molar-refractivity contribution < 1.29 is 9.53 Å². The summed E-state index contributed by atoms with van der Waals surface area (Å²) < 4.78 is 5.39. The summed E-state index contributed by atoms with van der Waals surface area (Å²) in [6.07, 6.45) is 2.02. The van der Waals surface area contributed by atoms with Crippen LogP contribution in [0.5, 0.6) is 0 Å². The van der Waals surface area contributed by atoms with E-state index in [2.05, 4.69) is 37.6 Å². The summed E-state index contributed by atoms with van der Waals surface area (Å²) in [4.78, 5) is 23.9. The van der Waals surface area contributed by atoms with Crippen molar-refractivity contribution in [3.05, 3.63) is 22.4 Å². The first-order chi connectivity index (χ1) is 13.1. The van der Waals surface area contributed by atoms with Gasteiger partial charge in [0.25, 0.3) is 0 Å². The molecule has 1 aromatic heterocycles. The van der Waals surface area contributed by atoms with Gasteiger partial charge in [-0.3, -0.25) is 9.69 Å². The first-order valence-electron chi connectivity index (χ1n) is 9.58. The fourth-order valence-electron chi connectivity index (χ4n) is 2.76. The summed E-state index contributed by atoms with van der Waals surface area (Å²) in [6.45, 7) is 6.62. The number of aliphatic imine (C=N–C) groups is 1. The second-order valence-corrected chi connectivity index (χ2v) is 7.95. The zero-order valence-electron chi connectivity index (χ0n) is 17.2. The van der Waals surface area contributed by atoms with Crippen LogP contribution in [0.2, 0.25) is 0 Å². The molecule has 2 rings (SSSR count). The number of amides is 1. The highest BCUT2D eigenvalue weighted by molar-refractivity contribution is 14.0. The molecular weight excluding hydrogens is 489 g/mol. The van der Waals surface area contributed by atoms with Crippen LogP contribution in [0.25, 0.3) is 0 Å². The van der Waals surface area contributed by atoms with Crippen LogP contribution in [-0.2, 0) is 16.0 Å². The van der Waals surface area contributed by atoms with Crippen molar-refractivity contribution in [2.24, 2.45) is 4.99 Å². The first kappa shape index (κ1) is 25.1. The van der Waals surface area contributed by atoms with Gasteiger partial charge in [-0.1, -0.05) is 6.07 Å². The standard InChI is InChI=1S/C19H33N5O2S.HI/c1-22(2)18(25)16-21-19(23(3)10-7-17-6-4-15-27-17)20-8-5-9-24-11-13-26-14-12-24;/h4,6,15H,5,7-14,16H2,1-3H3,(H,20,21);1H. The van der Waals surface area contributed by atoms with Crippen molar-refractivity contribution in [3.8, 4) is 0 Å². The third-order valence-electron chi connectivity index (χ3n) is 4.54. The van der Waals surface area contributed by atoms with Crippen molar-refractivity contribution in [1.82, 2.24) is 20.0 Å². The molecule has 1 fully saturated rings. The molecule has 1 aliphatic heterocycles. The predicted octanol–water partition coefficient (Wildman–Crippen LogP) is 1.60. The molecule has 0 saturated carbocycles. The quantitative estimate of drug-likeness (QED) is 0.231. The summed E-state index contributed by atoms with van der Waals surface area (Å²) in [5.74, 6) is 0.804. The highest BCUT2D eigenvalue weighted by atomic mass is 127. The summed E-state index contributed by atoms with van der Waals surface area (Å²) in [5, 5.41) is 5.54. The lowest BCUT2D eigenvalue weighted by Crippen LogP contribution is -2.42. The van der Waals surface area contributed by atoms with E-state index in [-0.39, 0.29) is 36.4 Å². The Kier molecular flexibility index (Phi) is 12.7. The fourth-order valence-corrected chi connectivity index (χ4v) is 3.46. The largest absolute Gasteiger partial charge is 0.379 e. The van der Waals surface area contributed by atoms with Gasteiger partial charge in [-0.25, -0.2) is 4.99 Å². The molecule has 1 aromatic rings. The molecule has 0 atom stereocenters. The van der Waals surface area contributed by atoms with Gasteiger partial charge in [0, 0.05) is 52.2 Å². The molecule has 1 aliphatic rings. The average molecular weight is 523 g/mol. The molecule has 1 N–H and O–H groups in total. The third kappa shape index (κ3) is 9.53. The van der Waals surface area contributed by atoms with Crippen molar-refractivity contribution >= 4 is 47.2 Å². The summed E-state index contributed by atoms with van der Waals surface area (Å²) in [5.41, 5.74) is 0. The molecule has 0 bridgehead atoms. The topological polar surface area (TPSA) is 60.4 Å². The van der Waals surface area contributed by atoms with E-state index in [1.54, 1.807) is 30.3 Å². The molecule has 160 valence electrons. The Morgan fingerprint density at radius 2 is 2.07 bits per heavy atom. The summed E-state index contributed by atoms with van der Waals surface area (Å²) in [7, 11) is 5.54. The van der Waals surface area contributed by atoms with E-state index in [9.17, 15) is 4.79 Å². The van der Waals surface area contributed by atoms with Crippen LogP contribution < -0.4 is 5.32 Å². The summed E-state index contributed by atoms with van der Waals surface area (Å²) >= 11 is 1.77. The Balaban J connectivity index is 0.00000392. The number of nitrogens with zero attached hydrogens (tertiary/aromatic N) is 4. The van der Waals surface area contributed by atoms with E-state index in [1.807, 2.05) is 7.05 Å². The third-order valence-corrected chi connectivity index (χ3v) is 5.47. The van der Waals surface area contributed by atoms with Gasteiger partial charge in [0.2, 0.25) is 5.91 Å². The lowest BCUT2D eigenvalue weighted by Gasteiger charge is -2.27. The van der Waals surface area contributed by atoms with Crippen molar-refractivity contribution in [1.29, 1.82) is 0 Å². The minimum atomic E-state index is 0. The van der Waals surface area contributed by atoms with Gasteiger partial charge >= 0.3 is 0 Å². The maximum atomic E-state index is 11.9. The summed E-state index contributed by atoms with van der Waals surface area (Å²) in [6, 6.07) is 4.23. The Labute approximate surface area is 190 Å². The number of hydrogen-bond acceptors (Lipinski definition) is 5. The Bertz CT molecular complexity index is 577. The minimum absolute atomic E-state index is 0. The van der Waals surface area contributed by atoms with E-state index in [1.165, 1.54) is 4.88 Å². The predicted molar refractivity (Wildman–Crippen MR) is 127 cm³/mol. The Hall–Kier alpha value is -0.910. The van der Waals surface area contributed by atoms with Crippen molar-refractivity contribution in [2.45, 2.75) is 12.8 Å². The molecule has 9 heteroatoms. The van der Waals surface area contributed by atoms with Gasteiger partial charge in [0.05, 0.1) is 13.2 Å². The molecule has 2 heterocycles. The number of morpholine rings is 1. The zero-order valence-corrected chi connectivity index (χ0v) is 20.4. The van der Waals surface area contributed by atoms with Crippen LogP contribution in [0.4, 0.5) is 0 Å². The van der Waals surface area contributed by atoms with Crippen molar-refractivity contribution in [2.75, 3.05) is 73.6 Å². The van der Waals surface area contributed by atoms with Gasteiger partial charge < -0.3 is 19.9 Å². The normalized spacial score (nSPS) is 15.0. The number of nitrogens with one attached hydrogen (secondary N) is 1. The molecule has 0 unspecified atom stereocenters. The van der Waals surface area contributed by atoms with Crippen LogP contribution in [0.1, 0.15) is 11.3 Å². The molecule has 0 radical (unpaired) electrons. The smallest absolute Gasteiger partial charge is 0.243 e. The Morgan fingerprint density at radius 1 is 1.32 bits per heavy atom. The van der Waals surface area contributed by atoms with Crippen LogP contribution in [0.15, 0.2) is 22.5 Å². The molecule has 1 amide bonds. The minimum Gasteiger partial charge on any atom is -0.379 e. The molecule has 7 nitrogen and oxygen atoms in total. The van der Waals surface area contributed by atoms with Gasteiger partial charge in [-0.15, -0.1) is 35.3 Å². The fraction of sp³-hybridized carbons (Fsp3) is 0.684. The monoisotopic (exact) mass is 523 g/mol. The lowest BCUT2D eigenvalue weighted by atomic mass is 10.3.